The first-order valence-corrected chi connectivity index (χ1v) is 6.01. The van der Waals surface area contributed by atoms with E-state index in [1.165, 1.54) is 0 Å². The van der Waals surface area contributed by atoms with Gasteiger partial charge < -0.3 is 15.3 Å². The molecule has 0 aliphatic heterocycles. The molecule has 0 aromatic carbocycles. The molecule has 0 radical (unpaired) electrons. The SMILES string of the molecule is CCCC(CCC)C(=O)O.O=C(O)CCC(=O)O. The fourth-order valence-electron chi connectivity index (χ4n) is 1.30. The lowest BCUT2D eigenvalue weighted by Gasteiger charge is -2.07. The van der Waals surface area contributed by atoms with Crippen molar-refractivity contribution < 1.29 is 29.7 Å². The Morgan fingerprint density at radius 3 is 1.33 bits per heavy atom. The normalized spacial score (nSPS) is 9.50. The number of carboxylic acid groups (broad SMARTS) is 3. The van der Waals surface area contributed by atoms with Crippen molar-refractivity contribution in [2.24, 2.45) is 5.92 Å². The van der Waals surface area contributed by atoms with Crippen LogP contribution in [0.2, 0.25) is 0 Å². The predicted molar refractivity (Wildman–Crippen MR) is 65.4 cm³/mol. The summed E-state index contributed by atoms with van der Waals surface area (Å²) in [4.78, 5) is 29.8. The molecule has 0 spiro atoms. The highest BCUT2D eigenvalue weighted by Crippen LogP contribution is 2.12. The molecule has 0 aliphatic carbocycles. The van der Waals surface area contributed by atoms with Crippen molar-refractivity contribution >= 4 is 17.9 Å². The molecule has 0 rings (SSSR count). The molecule has 0 aromatic heterocycles. The minimum absolute atomic E-state index is 0.102. The van der Waals surface area contributed by atoms with Crippen molar-refractivity contribution in [1.29, 1.82) is 0 Å². The maximum absolute atomic E-state index is 10.5. The Morgan fingerprint density at radius 1 is 0.833 bits per heavy atom. The zero-order valence-electron chi connectivity index (χ0n) is 10.9. The molecule has 6 nitrogen and oxygen atoms in total. The Kier molecular flexibility index (Phi) is 12.4. The van der Waals surface area contributed by atoms with Crippen LogP contribution in [0.3, 0.4) is 0 Å². The largest absolute Gasteiger partial charge is 0.481 e. The fraction of sp³-hybridized carbons (Fsp3) is 0.750. The molecule has 6 heteroatoms. The second-order valence-electron chi connectivity index (χ2n) is 3.90. The number of aliphatic carboxylic acids is 3. The summed E-state index contributed by atoms with van der Waals surface area (Å²) in [6.07, 6.45) is 2.99. The Hall–Kier alpha value is -1.59. The second-order valence-corrected chi connectivity index (χ2v) is 3.90. The molecule has 0 unspecified atom stereocenters. The van der Waals surface area contributed by atoms with Gasteiger partial charge in [-0.15, -0.1) is 0 Å². The molecule has 0 aromatic rings. The highest BCUT2D eigenvalue weighted by molar-refractivity contribution is 5.75. The molecule has 0 atom stereocenters. The van der Waals surface area contributed by atoms with Gasteiger partial charge in [-0.3, -0.25) is 14.4 Å². The average molecular weight is 262 g/mol. The van der Waals surface area contributed by atoms with Crippen LogP contribution in [0.5, 0.6) is 0 Å². The maximum atomic E-state index is 10.5. The van der Waals surface area contributed by atoms with E-state index in [0.717, 1.165) is 25.7 Å². The summed E-state index contributed by atoms with van der Waals surface area (Å²) in [5.41, 5.74) is 0. The number of carbonyl (C=O) groups is 3. The third-order valence-electron chi connectivity index (χ3n) is 2.18. The molecular formula is C12H22O6. The molecule has 3 N–H and O–H groups in total. The second kappa shape index (κ2) is 11.9. The van der Waals surface area contributed by atoms with E-state index in [9.17, 15) is 14.4 Å². The summed E-state index contributed by atoms with van der Waals surface area (Å²) in [6.45, 7) is 4.04. The standard InChI is InChI=1S/C8H16O2.C4H6O4/c1-3-5-7(6-4-2)8(9)10;5-3(6)1-2-4(7)8/h7H,3-6H2,1-2H3,(H,9,10);1-2H2,(H,5,6)(H,7,8). The lowest BCUT2D eigenvalue weighted by molar-refractivity contribution is -0.143. The highest BCUT2D eigenvalue weighted by atomic mass is 16.4. The van der Waals surface area contributed by atoms with Gasteiger partial charge in [0.25, 0.3) is 0 Å². The van der Waals surface area contributed by atoms with Gasteiger partial charge in [0.15, 0.2) is 0 Å². The van der Waals surface area contributed by atoms with Crippen LogP contribution in [0.25, 0.3) is 0 Å². The van der Waals surface area contributed by atoms with Crippen LogP contribution in [0.1, 0.15) is 52.4 Å². The minimum Gasteiger partial charge on any atom is -0.481 e. The van der Waals surface area contributed by atoms with Crippen LogP contribution >= 0.6 is 0 Å². The number of hydrogen-bond donors (Lipinski definition) is 3. The molecule has 0 fully saturated rings. The Bertz CT molecular complexity index is 241. The van der Waals surface area contributed by atoms with Gasteiger partial charge >= 0.3 is 17.9 Å². The summed E-state index contributed by atoms with van der Waals surface area (Å²) in [6, 6.07) is 0. The zero-order valence-corrected chi connectivity index (χ0v) is 10.9. The van der Waals surface area contributed by atoms with Crippen molar-refractivity contribution in [2.75, 3.05) is 0 Å². The Balaban J connectivity index is 0. The van der Waals surface area contributed by atoms with Crippen LogP contribution in [-0.2, 0) is 14.4 Å². The minimum atomic E-state index is -1.08. The van der Waals surface area contributed by atoms with Gasteiger partial charge in [-0.05, 0) is 12.8 Å². The summed E-state index contributed by atoms with van der Waals surface area (Å²) in [7, 11) is 0. The van der Waals surface area contributed by atoms with Gasteiger partial charge in [-0.25, -0.2) is 0 Å². The third kappa shape index (κ3) is 14.4. The van der Waals surface area contributed by atoms with Gasteiger partial charge in [0.05, 0.1) is 18.8 Å². The highest BCUT2D eigenvalue weighted by Gasteiger charge is 2.13. The smallest absolute Gasteiger partial charge is 0.306 e. The summed E-state index contributed by atoms with van der Waals surface area (Å²) >= 11 is 0. The molecule has 106 valence electrons. The van der Waals surface area contributed by atoms with E-state index in [1.54, 1.807) is 0 Å². The zero-order chi connectivity index (χ0) is 14.6. The van der Waals surface area contributed by atoms with Crippen molar-refractivity contribution in [3.05, 3.63) is 0 Å². The summed E-state index contributed by atoms with van der Waals surface area (Å²) < 4.78 is 0. The van der Waals surface area contributed by atoms with Gasteiger partial charge in [0.2, 0.25) is 0 Å². The van der Waals surface area contributed by atoms with Crippen molar-refractivity contribution in [1.82, 2.24) is 0 Å². The van der Waals surface area contributed by atoms with Gasteiger partial charge in [-0.1, -0.05) is 26.7 Å². The molecule has 0 heterocycles. The molecule has 0 bridgehead atoms. The molecule has 0 aliphatic rings. The van der Waals surface area contributed by atoms with E-state index < -0.39 is 17.9 Å². The predicted octanol–water partition coefficient (Wildman–Crippen LogP) is 2.22. The van der Waals surface area contributed by atoms with Gasteiger partial charge in [-0.2, -0.15) is 0 Å². The topological polar surface area (TPSA) is 112 Å². The molecule has 0 saturated carbocycles. The van der Waals surface area contributed by atoms with Crippen LogP contribution in [0.4, 0.5) is 0 Å². The fourth-order valence-corrected chi connectivity index (χ4v) is 1.30. The molecule has 0 saturated heterocycles. The Morgan fingerprint density at radius 2 is 1.17 bits per heavy atom. The molecule has 0 amide bonds. The van der Waals surface area contributed by atoms with Crippen molar-refractivity contribution in [2.45, 2.75) is 52.4 Å². The maximum Gasteiger partial charge on any atom is 0.306 e. The van der Waals surface area contributed by atoms with E-state index in [4.69, 9.17) is 15.3 Å². The molecule has 18 heavy (non-hydrogen) atoms. The van der Waals surface area contributed by atoms with E-state index in [1.807, 2.05) is 13.8 Å². The van der Waals surface area contributed by atoms with Crippen LogP contribution in [-0.4, -0.2) is 33.2 Å². The third-order valence-corrected chi connectivity index (χ3v) is 2.18. The lowest BCUT2D eigenvalue weighted by Crippen LogP contribution is -2.12. The Labute approximate surface area is 107 Å². The van der Waals surface area contributed by atoms with E-state index in [-0.39, 0.29) is 18.8 Å². The van der Waals surface area contributed by atoms with Crippen LogP contribution < -0.4 is 0 Å². The number of hydrogen-bond acceptors (Lipinski definition) is 3. The number of carboxylic acids is 3. The van der Waals surface area contributed by atoms with Gasteiger partial charge in [0, 0.05) is 0 Å². The summed E-state index contributed by atoms with van der Waals surface area (Å²) in [5.74, 6) is -2.89. The average Bonchev–Trinajstić information content (AvgIpc) is 2.27. The van der Waals surface area contributed by atoms with E-state index >= 15 is 0 Å². The van der Waals surface area contributed by atoms with Crippen LogP contribution in [0, 0.1) is 5.92 Å². The number of rotatable bonds is 8. The van der Waals surface area contributed by atoms with Crippen LogP contribution in [0.15, 0.2) is 0 Å². The van der Waals surface area contributed by atoms with Crippen molar-refractivity contribution in [3.63, 3.8) is 0 Å². The van der Waals surface area contributed by atoms with Gasteiger partial charge in [0.1, 0.15) is 0 Å². The first-order chi connectivity index (χ1) is 8.34. The monoisotopic (exact) mass is 262 g/mol. The van der Waals surface area contributed by atoms with Crippen molar-refractivity contribution in [3.8, 4) is 0 Å². The van der Waals surface area contributed by atoms with E-state index in [2.05, 4.69) is 0 Å². The quantitative estimate of drug-likeness (QED) is 0.618. The van der Waals surface area contributed by atoms with E-state index in [0.29, 0.717) is 0 Å². The summed E-state index contributed by atoms with van der Waals surface area (Å²) in [5, 5.41) is 24.4. The first-order valence-electron chi connectivity index (χ1n) is 6.01. The lowest BCUT2D eigenvalue weighted by atomic mass is 9.99. The molecular weight excluding hydrogens is 240 g/mol. The first kappa shape index (κ1) is 18.8.